The minimum absolute atomic E-state index is 0.254. The van der Waals surface area contributed by atoms with Crippen molar-refractivity contribution in [1.82, 2.24) is 0 Å². The number of anilines is 1. The fourth-order valence-electron chi connectivity index (χ4n) is 1.56. The summed E-state index contributed by atoms with van der Waals surface area (Å²) in [5, 5.41) is 8.96. The molecule has 0 aliphatic heterocycles. The normalized spacial score (nSPS) is 10.1. The second kappa shape index (κ2) is 7.18. The van der Waals surface area contributed by atoms with Crippen LogP contribution < -0.4 is 4.90 Å². The van der Waals surface area contributed by atoms with Crippen molar-refractivity contribution in [1.29, 1.82) is 0 Å². The smallest absolute Gasteiger partial charge is 0.336 e. The lowest BCUT2D eigenvalue weighted by molar-refractivity contribution is 0.0696. The van der Waals surface area contributed by atoms with Crippen LogP contribution in [0.25, 0.3) is 0 Å². The van der Waals surface area contributed by atoms with Crippen LogP contribution in [0.3, 0.4) is 0 Å². The van der Waals surface area contributed by atoms with Crippen molar-refractivity contribution in [3.63, 3.8) is 0 Å². The number of nitrogens with zero attached hydrogens (tertiary/aromatic N) is 1. The van der Waals surface area contributed by atoms with Gasteiger partial charge in [0.05, 0.1) is 12.2 Å². The molecule has 0 saturated heterocycles. The van der Waals surface area contributed by atoms with Gasteiger partial charge in [-0.05, 0) is 34.1 Å². The summed E-state index contributed by atoms with van der Waals surface area (Å²) in [6.45, 7) is 5.72. The first-order chi connectivity index (χ1) is 8.60. The fraction of sp³-hybridized carbons (Fsp3) is 0.308. The van der Waals surface area contributed by atoms with Gasteiger partial charge in [0.2, 0.25) is 0 Å². The van der Waals surface area contributed by atoms with E-state index in [0.717, 1.165) is 12.2 Å². The number of hydrogen-bond acceptors (Lipinski definition) is 3. The van der Waals surface area contributed by atoms with E-state index in [1.807, 2.05) is 0 Å². The van der Waals surface area contributed by atoms with E-state index in [9.17, 15) is 4.79 Å². The number of rotatable bonds is 7. The van der Waals surface area contributed by atoms with Gasteiger partial charge in [0.25, 0.3) is 0 Å². The third-order valence-corrected chi connectivity index (χ3v) is 3.12. The summed E-state index contributed by atoms with van der Waals surface area (Å²) in [4.78, 5) is 13.0. The van der Waals surface area contributed by atoms with E-state index in [4.69, 9.17) is 9.84 Å². The summed E-state index contributed by atoms with van der Waals surface area (Å²) in [6.07, 6.45) is 1.80. The summed E-state index contributed by atoms with van der Waals surface area (Å²) >= 11 is 3.27. The highest BCUT2D eigenvalue weighted by Crippen LogP contribution is 2.24. The van der Waals surface area contributed by atoms with Crippen LogP contribution in [0.15, 0.2) is 35.3 Å². The Bertz CT molecular complexity index is 434. The molecule has 5 heteroatoms. The Morgan fingerprint density at radius 2 is 2.33 bits per heavy atom. The molecule has 0 aromatic heterocycles. The number of ether oxygens (including phenoxy) is 1. The van der Waals surface area contributed by atoms with Crippen LogP contribution in [0.5, 0.6) is 0 Å². The van der Waals surface area contributed by atoms with E-state index in [0.29, 0.717) is 17.6 Å². The fourth-order valence-corrected chi connectivity index (χ4v) is 2.09. The molecule has 1 N–H and O–H groups in total. The summed E-state index contributed by atoms with van der Waals surface area (Å²) in [5.41, 5.74) is 1.19. The van der Waals surface area contributed by atoms with Crippen LogP contribution in [0.4, 0.5) is 5.69 Å². The molecular formula is C13H16BrNO3. The highest BCUT2D eigenvalue weighted by atomic mass is 79.9. The molecule has 0 amide bonds. The van der Waals surface area contributed by atoms with Crippen LogP contribution >= 0.6 is 15.9 Å². The summed E-state index contributed by atoms with van der Waals surface area (Å²) < 4.78 is 5.62. The quantitative estimate of drug-likeness (QED) is 0.786. The molecule has 1 aromatic carbocycles. The average Bonchev–Trinajstić information content (AvgIpc) is 2.33. The second-order valence-electron chi connectivity index (χ2n) is 3.70. The largest absolute Gasteiger partial charge is 0.478 e. The van der Waals surface area contributed by atoms with Gasteiger partial charge < -0.3 is 14.7 Å². The molecule has 0 unspecified atom stereocenters. The second-order valence-corrected chi connectivity index (χ2v) is 4.55. The average molecular weight is 314 g/mol. The Morgan fingerprint density at radius 1 is 1.61 bits per heavy atom. The third-order valence-electron chi connectivity index (χ3n) is 2.46. The molecule has 1 rings (SSSR count). The lowest BCUT2D eigenvalue weighted by atomic mass is 10.2. The number of hydrogen-bond donors (Lipinski definition) is 1. The van der Waals surface area contributed by atoms with Crippen molar-refractivity contribution in [3.05, 3.63) is 40.9 Å². The number of carbonyl (C=O) groups is 1. The summed E-state index contributed by atoms with van der Waals surface area (Å²) in [6, 6.07) is 5.17. The molecule has 0 atom stereocenters. The minimum atomic E-state index is -0.944. The van der Waals surface area contributed by atoms with Gasteiger partial charge in [-0.1, -0.05) is 6.08 Å². The Hall–Kier alpha value is -1.33. The van der Waals surface area contributed by atoms with Crippen LogP contribution in [-0.2, 0) is 4.74 Å². The van der Waals surface area contributed by atoms with Gasteiger partial charge >= 0.3 is 5.97 Å². The zero-order chi connectivity index (χ0) is 13.5. The van der Waals surface area contributed by atoms with Gasteiger partial charge in [0.1, 0.15) is 0 Å². The number of benzene rings is 1. The molecule has 0 bridgehead atoms. The number of halogens is 1. The molecule has 0 saturated carbocycles. The van der Waals surface area contributed by atoms with E-state index in [1.54, 1.807) is 31.4 Å². The van der Waals surface area contributed by atoms with E-state index in [-0.39, 0.29) is 5.56 Å². The van der Waals surface area contributed by atoms with Gasteiger partial charge in [0, 0.05) is 30.4 Å². The maximum absolute atomic E-state index is 10.9. The lowest BCUT2D eigenvalue weighted by Crippen LogP contribution is -2.27. The minimum Gasteiger partial charge on any atom is -0.478 e. The van der Waals surface area contributed by atoms with Crippen LogP contribution in [0.2, 0.25) is 0 Å². The van der Waals surface area contributed by atoms with E-state index >= 15 is 0 Å². The van der Waals surface area contributed by atoms with Gasteiger partial charge in [0.15, 0.2) is 0 Å². The lowest BCUT2D eigenvalue weighted by Gasteiger charge is -2.23. The molecule has 0 fully saturated rings. The first kappa shape index (κ1) is 14.7. The van der Waals surface area contributed by atoms with Crippen LogP contribution in [0.1, 0.15) is 10.4 Å². The monoisotopic (exact) mass is 313 g/mol. The maximum Gasteiger partial charge on any atom is 0.336 e. The number of carboxylic acids is 1. The van der Waals surface area contributed by atoms with E-state index in [2.05, 4.69) is 27.4 Å². The summed E-state index contributed by atoms with van der Waals surface area (Å²) in [7, 11) is 1.65. The molecule has 1 aromatic rings. The predicted octanol–water partition coefficient (Wildman–Crippen LogP) is 2.79. The third kappa shape index (κ3) is 3.85. The molecule has 0 heterocycles. The molecule has 0 radical (unpaired) electrons. The Morgan fingerprint density at radius 3 is 2.83 bits per heavy atom. The Labute approximate surface area is 115 Å². The molecule has 0 aliphatic rings. The van der Waals surface area contributed by atoms with Crippen molar-refractivity contribution in [3.8, 4) is 0 Å². The van der Waals surface area contributed by atoms with Crippen LogP contribution in [-0.4, -0.2) is 37.9 Å². The standard InChI is InChI=1S/C13H16BrNO3/c1-3-6-15(7-8-18-2)10-4-5-11(13(16)17)12(14)9-10/h3-5,9H,1,6-8H2,2H3,(H,16,17). The van der Waals surface area contributed by atoms with Crippen molar-refractivity contribution < 1.29 is 14.6 Å². The molecule has 98 valence electrons. The topological polar surface area (TPSA) is 49.8 Å². The van der Waals surface area contributed by atoms with Gasteiger partial charge in [-0.3, -0.25) is 0 Å². The van der Waals surface area contributed by atoms with Crippen molar-refractivity contribution in [2.24, 2.45) is 0 Å². The van der Waals surface area contributed by atoms with Crippen molar-refractivity contribution in [2.75, 3.05) is 31.7 Å². The van der Waals surface area contributed by atoms with Gasteiger partial charge in [-0.25, -0.2) is 4.79 Å². The molecular weight excluding hydrogens is 298 g/mol. The first-order valence-corrected chi connectivity index (χ1v) is 6.27. The maximum atomic E-state index is 10.9. The van der Waals surface area contributed by atoms with Crippen molar-refractivity contribution in [2.45, 2.75) is 0 Å². The molecule has 4 nitrogen and oxygen atoms in total. The van der Waals surface area contributed by atoms with E-state index in [1.165, 1.54) is 0 Å². The number of carboxylic acid groups (broad SMARTS) is 1. The molecule has 0 spiro atoms. The number of aromatic carboxylic acids is 1. The zero-order valence-corrected chi connectivity index (χ0v) is 11.8. The number of methoxy groups -OCH3 is 1. The van der Waals surface area contributed by atoms with E-state index < -0.39 is 5.97 Å². The Balaban J connectivity index is 2.94. The van der Waals surface area contributed by atoms with Crippen molar-refractivity contribution >= 4 is 27.6 Å². The highest BCUT2D eigenvalue weighted by Gasteiger charge is 2.11. The zero-order valence-electron chi connectivity index (χ0n) is 10.2. The molecule has 18 heavy (non-hydrogen) atoms. The summed E-state index contributed by atoms with van der Waals surface area (Å²) in [5.74, 6) is -0.944. The predicted molar refractivity (Wildman–Crippen MR) is 75.4 cm³/mol. The first-order valence-electron chi connectivity index (χ1n) is 5.47. The van der Waals surface area contributed by atoms with Crippen LogP contribution in [0, 0.1) is 0 Å². The Kier molecular flexibility index (Phi) is 5.88. The molecule has 0 aliphatic carbocycles. The highest BCUT2D eigenvalue weighted by molar-refractivity contribution is 9.10. The van der Waals surface area contributed by atoms with Gasteiger partial charge in [-0.2, -0.15) is 0 Å². The van der Waals surface area contributed by atoms with Gasteiger partial charge in [-0.15, -0.1) is 6.58 Å². The SMILES string of the molecule is C=CCN(CCOC)c1ccc(C(=O)O)c(Br)c1.